The van der Waals surface area contributed by atoms with E-state index >= 15 is 0 Å². The summed E-state index contributed by atoms with van der Waals surface area (Å²) in [4.78, 5) is 0. The molecule has 0 unspecified atom stereocenters. The first kappa shape index (κ1) is 10.3. The van der Waals surface area contributed by atoms with Crippen LogP contribution >= 0.6 is 0 Å². The molecule has 0 spiro atoms. The Balaban J connectivity index is 2.25. The molecule has 0 aliphatic carbocycles. The van der Waals surface area contributed by atoms with Crippen molar-refractivity contribution in [1.82, 2.24) is 0 Å². The Morgan fingerprint density at radius 1 is 0.867 bits per heavy atom. The van der Waals surface area contributed by atoms with E-state index in [2.05, 4.69) is 0 Å². The van der Waals surface area contributed by atoms with E-state index in [4.69, 9.17) is 0 Å². The number of hydrogen-bond acceptors (Lipinski definition) is 0. The topological polar surface area (TPSA) is 0 Å². The molecule has 2 rings (SSSR count). The fourth-order valence-electron chi connectivity index (χ4n) is 1.17. The summed E-state index contributed by atoms with van der Waals surface area (Å²) in [7, 11) is 0. The van der Waals surface area contributed by atoms with E-state index in [0.29, 0.717) is 4.46 Å². The zero-order valence-electron chi connectivity index (χ0n) is 7.78. The van der Waals surface area contributed by atoms with Gasteiger partial charge in [-0.05, 0) is 0 Å². The van der Waals surface area contributed by atoms with Gasteiger partial charge in [-0.1, -0.05) is 0 Å². The van der Waals surface area contributed by atoms with Crippen molar-refractivity contribution >= 4 is 23.9 Å². The third-order valence-corrected chi connectivity index (χ3v) is 4.09. The standard InChI is InChI=1S/C12H8F2Se/c13-9-6-7-12(11(14)8-9)15-10-4-2-1-3-5-10/h1-8H. The van der Waals surface area contributed by atoms with Crippen molar-refractivity contribution < 1.29 is 8.78 Å². The molecule has 0 amide bonds. The number of halogens is 2. The van der Waals surface area contributed by atoms with E-state index in [9.17, 15) is 8.78 Å². The van der Waals surface area contributed by atoms with Crippen LogP contribution in [0.1, 0.15) is 0 Å². The summed E-state index contributed by atoms with van der Waals surface area (Å²) in [5.41, 5.74) is 0. The molecule has 0 bridgehead atoms. The van der Waals surface area contributed by atoms with Crippen LogP contribution in [0.3, 0.4) is 0 Å². The molecule has 0 aromatic heterocycles. The summed E-state index contributed by atoms with van der Waals surface area (Å²) in [5.74, 6) is -0.987. The van der Waals surface area contributed by atoms with Gasteiger partial charge < -0.3 is 0 Å². The van der Waals surface area contributed by atoms with E-state index in [-0.39, 0.29) is 15.0 Å². The van der Waals surface area contributed by atoms with Gasteiger partial charge in [-0.3, -0.25) is 0 Å². The van der Waals surface area contributed by atoms with Crippen LogP contribution in [0.2, 0.25) is 0 Å². The Morgan fingerprint density at radius 3 is 2.27 bits per heavy atom. The van der Waals surface area contributed by atoms with Crippen molar-refractivity contribution in [3.05, 3.63) is 60.2 Å². The van der Waals surface area contributed by atoms with Gasteiger partial charge in [-0.2, -0.15) is 0 Å². The molecule has 2 aromatic carbocycles. The second-order valence-corrected chi connectivity index (χ2v) is 5.33. The van der Waals surface area contributed by atoms with Crippen molar-refractivity contribution in [2.24, 2.45) is 0 Å². The van der Waals surface area contributed by atoms with Gasteiger partial charge in [-0.25, -0.2) is 0 Å². The second kappa shape index (κ2) is 4.56. The van der Waals surface area contributed by atoms with Gasteiger partial charge in [-0.15, -0.1) is 0 Å². The number of benzene rings is 2. The summed E-state index contributed by atoms with van der Waals surface area (Å²) in [6, 6.07) is 13.4. The summed E-state index contributed by atoms with van der Waals surface area (Å²) in [6.45, 7) is 0. The molecule has 0 radical (unpaired) electrons. The summed E-state index contributed by atoms with van der Waals surface area (Å²) >= 11 is -0.0982. The van der Waals surface area contributed by atoms with E-state index < -0.39 is 11.6 Å². The molecule has 0 N–H and O–H groups in total. The number of rotatable bonds is 2. The summed E-state index contributed by atoms with van der Waals surface area (Å²) in [6.07, 6.45) is 0. The molecular formula is C12H8F2Se. The Labute approximate surface area is 93.1 Å². The van der Waals surface area contributed by atoms with E-state index in [0.717, 1.165) is 10.5 Å². The SMILES string of the molecule is Fc1ccc([Se]c2ccccc2)c(F)c1. The van der Waals surface area contributed by atoms with Crippen LogP contribution in [0.4, 0.5) is 8.78 Å². The van der Waals surface area contributed by atoms with Crippen molar-refractivity contribution in [3.8, 4) is 0 Å². The Hall–Kier alpha value is -1.18. The normalized spacial score (nSPS) is 10.3. The molecular weight excluding hydrogens is 261 g/mol. The van der Waals surface area contributed by atoms with E-state index in [1.54, 1.807) is 0 Å². The minimum absolute atomic E-state index is 0.0982. The van der Waals surface area contributed by atoms with Crippen LogP contribution in [-0.4, -0.2) is 15.0 Å². The third-order valence-electron chi connectivity index (χ3n) is 1.86. The molecule has 15 heavy (non-hydrogen) atoms. The van der Waals surface area contributed by atoms with E-state index in [1.807, 2.05) is 30.3 Å². The van der Waals surface area contributed by atoms with Gasteiger partial charge in [0.2, 0.25) is 0 Å². The molecule has 3 heteroatoms. The van der Waals surface area contributed by atoms with Gasteiger partial charge in [0.05, 0.1) is 0 Å². The molecule has 0 saturated heterocycles. The quantitative estimate of drug-likeness (QED) is 0.727. The molecule has 0 atom stereocenters. The van der Waals surface area contributed by atoms with Gasteiger partial charge in [0.1, 0.15) is 0 Å². The van der Waals surface area contributed by atoms with Crippen LogP contribution in [-0.2, 0) is 0 Å². The Morgan fingerprint density at radius 2 is 1.60 bits per heavy atom. The van der Waals surface area contributed by atoms with Crippen LogP contribution in [0.15, 0.2) is 48.5 Å². The maximum absolute atomic E-state index is 13.3. The van der Waals surface area contributed by atoms with Gasteiger partial charge in [0.25, 0.3) is 0 Å². The Bertz CT molecular complexity index is 454. The molecule has 2 aromatic rings. The van der Waals surface area contributed by atoms with Gasteiger partial charge >= 0.3 is 92.8 Å². The average molecular weight is 269 g/mol. The molecule has 0 heterocycles. The van der Waals surface area contributed by atoms with Crippen LogP contribution in [0.25, 0.3) is 0 Å². The van der Waals surface area contributed by atoms with Crippen molar-refractivity contribution in [2.75, 3.05) is 0 Å². The van der Waals surface area contributed by atoms with Crippen LogP contribution in [0.5, 0.6) is 0 Å². The molecule has 0 nitrogen and oxygen atoms in total. The maximum atomic E-state index is 13.3. The van der Waals surface area contributed by atoms with E-state index in [1.165, 1.54) is 12.1 Å². The van der Waals surface area contributed by atoms with Gasteiger partial charge in [0, 0.05) is 0 Å². The molecule has 76 valence electrons. The molecule has 0 fully saturated rings. The van der Waals surface area contributed by atoms with Crippen molar-refractivity contribution in [2.45, 2.75) is 0 Å². The molecule has 0 saturated carbocycles. The monoisotopic (exact) mass is 270 g/mol. The average Bonchev–Trinajstić information content (AvgIpc) is 2.24. The first-order valence-electron chi connectivity index (χ1n) is 4.43. The van der Waals surface area contributed by atoms with Crippen molar-refractivity contribution in [3.63, 3.8) is 0 Å². The number of hydrogen-bond donors (Lipinski definition) is 0. The Kier molecular flexibility index (Phi) is 3.14. The third kappa shape index (κ3) is 2.64. The second-order valence-electron chi connectivity index (χ2n) is 2.99. The van der Waals surface area contributed by atoms with Crippen molar-refractivity contribution in [1.29, 1.82) is 0 Å². The first-order chi connectivity index (χ1) is 7.25. The first-order valence-corrected chi connectivity index (χ1v) is 6.15. The van der Waals surface area contributed by atoms with Crippen LogP contribution < -0.4 is 8.92 Å². The zero-order chi connectivity index (χ0) is 10.7. The minimum atomic E-state index is -0.528. The zero-order valence-corrected chi connectivity index (χ0v) is 9.50. The molecule has 0 aliphatic heterocycles. The fraction of sp³-hybridized carbons (Fsp3) is 0. The predicted octanol–water partition coefficient (Wildman–Crippen LogP) is 1.62. The molecule has 0 aliphatic rings. The predicted molar refractivity (Wildman–Crippen MR) is 57.8 cm³/mol. The summed E-state index contributed by atoms with van der Waals surface area (Å²) in [5, 5.41) is 0. The fourth-order valence-corrected chi connectivity index (χ4v) is 2.94. The van der Waals surface area contributed by atoms with Gasteiger partial charge in [0.15, 0.2) is 0 Å². The summed E-state index contributed by atoms with van der Waals surface area (Å²) < 4.78 is 27.6. The van der Waals surface area contributed by atoms with Crippen LogP contribution in [0, 0.1) is 11.6 Å².